The quantitative estimate of drug-likeness (QED) is 0.652. The van der Waals surface area contributed by atoms with Gasteiger partial charge in [0.1, 0.15) is 0 Å². The minimum Gasteiger partial charge on any atom is -0.481 e. The van der Waals surface area contributed by atoms with Gasteiger partial charge in [-0.25, -0.2) is 0 Å². The fraction of sp³-hybridized carbons (Fsp3) is 0.286. The smallest absolute Gasteiger partial charge is 0.303 e. The van der Waals surface area contributed by atoms with E-state index in [2.05, 4.69) is 0 Å². The van der Waals surface area contributed by atoms with Crippen molar-refractivity contribution < 1.29 is 19.7 Å². The Bertz CT molecular complexity index is 296. The monoisotopic (exact) mass is 220 g/mol. The lowest BCUT2D eigenvalue weighted by Gasteiger charge is -1.95. The highest BCUT2D eigenvalue weighted by Gasteiger charge is 2.08. The Morgan fingerprint density at radius 1 is 1.54 bits per heavy atom. The van der Waals surface area contributed by atoms with E-state index in [0.717, 1.165) is 4.88 Å². The molecule has 1 rings (SSSR count). The van der Waals surface area contributed by atoms with Crippen LogP contribution in [0.3, 0.4) is 0 Å². The molecule has 0 aliphatic heterocycles. The molecule has 0 bridgehead atoms. The van der Waals surface area contributed by atoms with E-state index in [-0.39, 0.29) is 6.42 Å². The third-order valence-electron chi connectivity index (χ3n) is 1.46. The molecule has 0 saturated heterocycles. The van der Waals surface area contributed by atoms with Crippen LogP contribution in [0.25, 0.3) is 0 Å². The number of aryl methyl sites for hydroxylation is 1. The van der Waals surface area contributed by atoms with Gasteiger partial charge in [0.2, 0.25) is 0 Å². The molecule has 4 nitrogen and oxygen atoms in total. The maximum atomic E-state index is 10.2. The molecule has 1 aromatic heterocycles. The molecule has 0 radical (unpaired) electrons. The molecule has 3 N–H and O–H groups in total. The van der Waals surface area contributed by atoms with Crippen LogP contribution in [0.15, 0.2) is 11.4 Å². The Morgan fingerprint density at radius 2 is 2.23 bits per heavy atom. The SMILES string of the molecule is O=C(O)CCc1cc(P(O)O)cs1. The van der Waals surface area contributed by atoms with Crippen molar-refractivity contribution in [1.82, 2.24) is 0 Å². The fourth-order valence-electron chi connectivity index (χ4n) is 0.835. The van der Waals surface area contributed by atoms with Crippen LogP contribution >= 0.6 is 19.7 Å². The lowest BCUT2D eigenvalue weighted by atomic mass is 10.3. The van der Waals surface area contributed by atoms with Gasteiger partial charge in [-0.1, -0.05) is 0 Å². The van der Waals surface area contributed by atoms with E-state index < -0.39 is 14.3 Å². The summed E-state index contributed by atoms with van der Waals surface area (Å²) in [6.45, 7) is 0. The number of thiophene rings is 1. The predicted molar refractivity (Wildman–Crippen MR) is 51.3 cm³/mol. The molecular weight excluding hydrogens is 211 g/mol. The molecule has 13 heavy (non-hydrogen) atoms. The molecule has 0 aliphatic rings. The molecule has 1 heterocycles. The van der Waals surface area contributed by atoms with E-state index in [1.165, 1.54) is 11.3 Å². The van der Waals surface area contributed by atoms with Crippen LogP contribution in [0.2, 0.25) is 0 Å². The standard InChI is InChI=1S/C7H9O4PS/c8-7(9)2-1-6-3-5(4-13-6)12(10)11/h3-4,10-11H,1-2H2,(H,8,9). The van der Waals surface area contributed by atoms with Gasteiger partial charge in [-0.05, 0) is 12.5 Å². The molecule has 1 aromatic rings. The predicted octanol–water partition coefficient (Wildman–Crippen LogP) is 0.687. The first-order chi connectivity index (χ1) is 6.09. The summed E-state index contributed by atoms with van der Waals surface area (Å²) >= 11 is 1.35. The summed E-state index contributed by atoms with van der Waals surface area (Å²) in [6.07, 6.45) is 0.526. The summed E-state index contributed by atoms with van der Waals surface area (Å²) in [5.41, 5.74) is 0. The highest BCUT2D eigenvalue weighted by molar-refractivity contribution is 7.54. The van der Waals surface area contributed by atoms with Crippen LogP contribution in [0, 0.1) is 0 Å². The summed E-state index contributed by atoms with van der Waals surface area (Å²) in [7, 11) is -2.04. The number of carboxylic acid groups (broad SMARTS) is 1. The van der Waals surface area contributed by atoms with Crippen molar-refractivity contribution in [2.45, 2.75) is 12.8 Å². The zero-order chi connectivity index (χ0) is 9.84. The van der Waals surface area contributed by atoms with Crippen LogP contribution < -0.4 is 5.30 Å². The number of hydrogen-bond donors (Lipinski definition) is 3. The second-order valence-electron chi connectivity index (χ2n) is 2.45. The molecule has 0 unspecified atom stereocenters. The van der Waals surface area contributed by atoms with Crippen LogP contribution in [0.1, 0.15) is 11.3 Å². The summed E-state index contributed by atoms with van der Waals surface area (Å²) in [5, 5.41) is 10.5. The van der Waals surface area contributed by atoms with Crippen molar-refractivity contribution in [3.05, 3.63) is 16.3 Å². The maximum absolute atomic E-state index is 10.2. The lowest BCUT2D eigenvalue weighted by Crippen LogP contribution is -1.97. The van der Waals surface area contributed by atoms with Gasteiger partial charge < -0.3 is 14.9 Å². The first-order valence-electron chi connectivity index (χ1n) is 3.56. The highest BCUT2D eigenvalue weighted by atomic mass is 32.1. The summed E-state index contributed by atoms with van der Waals surface area (Å²) in [6, 6.07) is 1.64. The number of hydrogen-bond acceptors (Lipinski definition) is 4. The molecule has 0 saturated carbocycles. The molecule has 0 fully saturated rings. The number of carboxylic acids is 1. The first kappa shape index (κ1) is 10.6. The van der Waals surface area contributed by atoms with E-state index in [9.17, 15) is 4.79 Å². The third-order valence-corrected chi connectivity index (χ3v) is 3.35. The molecule has 0 spiro atoms. The van der Waals surface area contributed by atoms with Gasteiger partial charge in [-0.2, -0.15) is 0 Å². The topological polar surface area (TPSA) is 77.8 Å². The molecule has 0 atom stereocenters. The summed E-state index contributed by atoms with van der Waals surface area (Å²) < 4.78 is 0. The van der Waals surface area contributed by atoms with Gasteiger partial charge in [0.05, 0.1) is 6.42 Å². The van der Waals surface area contributed by atoms with Crippen molar-refractivity contribution in [1.29, 1.82) is 0 Å². The zero-order valence-electron chi connectivity index (χ0n) is 6.67. The van der Waals surface area contributed by atoms with E-state index in [1.54, 1.807) is 11.4 Å². The Hall–Kier alpha value is -0.480. The average molecular weight is 220 g/mol. The Morgan fingerprint density at radius 3 is 2.69 bits per heavy atom. The lowest BCUT2D eigenvalue weighted by molar-refractivity contribution is -0.136. The van der Waals surface area contributed by atoms with Gasteiger partial charge in [-0.3, -0.25) is 4.79 Å². The van der Waals surface area contributed by atoms with E-state index >= 15 is 0 Å². The third kappa shape index (κ3) is 3.40. The Labute approximate surface area is 80.4 Å². The fourth-order valence-corrected chi connectivity index (χ4v) is 2.48. The van der Waals surface area contributed by atoms with Crippen molar-refractivity contribution >= 4 is 31.0 Å². The minimum absolute atomic E-state index is 0.0781. The molecule has 0 amide bonds. The maximum Gasteiger partial charge on any atom is 0.303 e. The van der Waals surface area contributed by atoms with Crippen molar-refractivity contribution in [3.8, 4) is 0 Å². The van der Waals surface area contributed by atoms with Crippen LogP contribution in [-0.4, -0.2) is 20.9 Å². The van der Waals surface area contributed by atoms with Gasteiger partial charge in [0, 0.05) is 15.6 Å². The second kappa shape index (κ2) is 4.67. The van der Waals surface area contributed by atoms with Gasteiger partial charge >= 0.3 is 5.97 Å². The van der Waals surface area contributed by atoms with Crippen molar-refractivity contribution in [2.75, 3.05) is 0 Å². The molecule has 72 valence electrons. The molecule has 0 aromatic carbocycles. The molecule has 0 aliphatic carbocycles. The minimum atomic E-state index is -2.04. The van der Waals surface area contributed by atoms with Crippen LogP contribution in [-0.2, 0) is 11.2 Å². The first-order valence-corrected chi connectivity index (χ1v) is 5.69. The molecule has 6 heteroatoms. The van der Waals surface area contributed by atoms with Gasteiger partial charge in [-0.15, -0.1) is 11.3 Å². The number of aliphatic carboxylic acids is 1. The van der Waals surface area contributed by atoms with Crippen LogP contribution in [0.5, 0.6) is 0 Å². The van der Waals surface area contributed by atoms with E-state index in [4.69, 9.17) is 14.9 Å². The van der Waals surface area contributed by atoms with Crippen molar-refractivity contribution in [2.24, 2.45) is 0 Å². The van der Waals surface area contributed by atoms with E-state index in [0.29, 0.717) is 11.7 Å². The van der Waals surface area contributed by atoms with Gasteiger partial charge in [0.15, 0.2) is 8.38 Å². The van der Waals surface area contributed by atoms with E-state index in [1.807, 2.05) is 0 Å². The number of carbonyl (C=O) groups is 1. The second-order valence-corrected chi connectivity index (χ2v) is 4.55. The Kier molecular flexibility index (Phi) is 3.81. The Balaban J connectivity index is 2.54. The van der Waals surface area contributed by atoms with Gasteiger partial charge in [0.25, 0.3) is 0 Å². The highest BCUT2D eigenvalue weighted by Crippen LogP contribution is 2.25. The summed E-state index contributed by atoms with van der Waals surface area (Å²) in [4.78, 5) is 28.7. The number of rotatable bonds is 4. The zero-order valence-corrected chi connectivity index (χ0v) is 8.39. The largest absolute Gasteiger partial charge is 0.481 e. The summed E-state index contributed by atoms with van der Waals surface area (Å²) in [5.74, 6) is -0.842. The normalized spacial score (nSPS) is 10.7. The van der Waals surface area contributed by atoms with Crippen LogP contribution in [0.4, 0.5) is 0 Å². The average Bonchev–Trinajstić information content (AvgIpc) is 2.48. The molecular formula is C7H9O4PS. The van der Waals surface area contributed by atoms with Crippen molar-refractivity contribution in [3.63, 3.8) is 0 Å².